The van der Waals surface area contributed by atoms with E-state index in [0.29, 0.717) is 38.2 Å². The second-order valence-corrected chi connectivity index (χ2v) is 9.31. The number of rotatable bonds is 5. The number of nitrogens with one attached hydrogen (secondary N) is 1. The molecule has 0 aromatic carbocycles. The number of carbonyl (C=O) groups is 1. The summed E-state index contributed by atoms with van der Waals surface area (Å²) in [6.07, 6.45) is 3.03. The molecule has 1 aromatic heterocycles. The van der Waals surface area contributed by atoms with Crippen LogP contribution in [0.1, 0.15) is 40.1 Å². The first-order valence-corrected chi connectivity index (χ1v) is 10.3. The topological polar surface area (TPSA) is 95.9 Å². The van der Waals surface area contributed by atoms with Crippen molar-refractivity contribution in [2.24, 2.45) is 0 Å². The fraction of sp³-hybridized carbons (Fsp3) is 0.667. The number of methoxy groups -OCH3 is 1. The van der Waals surface area contributed by atoms with E-state index in [1.165, 1.54) is 4.31 Å². The van der Waals surface area contributed by atoms with E-state index >= 15 is 0 Å². The Labute approximate surface area is 145 Å². The predicted octanol–water partition coefficient (Wildman–Crippen LogP) is 1.28. The number of fused-ring (bicyclic) bond motifs is 1. The highest BCUT2D eigenvalue weighted by Gasteiger charge is 2.39. The third-order valence-corrected chi connectivity index (χ3v) is 8.26. The van der Waals surface area contributed by atoms with Crippen LogP contribution in [0.3, 0.4) is 0 Å². The second-order valence-electron chi connectivity index (χ2n) is 6.12. The fourth-order valence-corrected chi connectivity index (χ4v) is 7.12. The van der Waals surface area contributed by atoms with Gasteiger partial charge in [-0.25, -0.2) is 13.2 Å². The van der Waals surface area contributed by atoms with Gasteiger partial charge in [0, 0.05) is 31.1 Å². The van der Waals surface area contributed by atoms with E-state index in [4.69, 9.17) is 4.74 Å². The van der Waals surface area contributed by atoms with Gasteiger partial charge in [0.1, 0.15) is 4.21 Å². The monoisotopic (exact) mass is 374 g/mol. The number of sulfonamides is 1. The van der Waals surface area contributed by atoms with E-state index in [1.807, 2.05) is 0 Å². The van der Waals surface area contributed by atoms with Gasteiger partial charge in [0.2, 0.25) is 0 Å². The lowest BCUT2D eigenvalue weighted by Gasteiger charge is -2.33. The Morgan fingerprint density at radius 2 is 2.25 bits per heavy atom. The minimum atomic E-state index is -3.84. The minimum Gasteiger partial charge on any atom is -0.478 e. The molecule has 1 aromatic rings. The largest absolute Gasteiger partial charge is 0.478 e. The number of carboxylic acids is 1. The van der Waals surface area contributed by atoms with Crippen LogP contribution in [0.25, 0.3) is 0 Å². The summed E-state index contributed by atoms with van der Waals surface area (Å²) in [5.41, 5.74) is 0.642. The van der Waals surface area contributed by atoms with Crippen LogP contribution in [0.2, 0.25) is 0 Å². The van der Waals surface area contributed by atoms with Gasteiger partial charge in [-0.1, -0.05) is 6.42 Å². The van der Waals surface area contributed by atoms with Crippen LogP contribution in [-0.4, -0.2) is 56.6 Å². The van der Waals surface area contributed by atoms with Crippen molar-refractivity contribution in [3.8, 4) is 0 Å². The van der Waals surface area contributed by atoms with Crippen molar-refractivity contribution in [2.75, 3.05) is 26.8 Å². The second kappa shape index (κ2) is 7.09. The molecule has 3 heterocycles. The van der Waals surface area contributed by atoms with Gasteiger partial charge in [-0.05, 0) is 31.4 Å². The number of thiophene rings is 1. The van der Waals surface area contributed by atoms with E-state index in [1.54, 1.807) is 7.11 Å². The number of aromatic carboxylic acids is 1. The molecule has 3 rings (SSSR count). The third kappa shape index (κ3) is 3.11. The lowest BCUT2D eigenvalue weighted by atomic mass is 10.1. The van der Waals surface area contributed by atoms with Crippen LogP contribution in [-0.2, 0) is 27.7 Å². The van der Waals surface area contributed by atoms with E-state index in [0.717, 1.165) is 35.5 Å². The summed E-state index contributed by atoms with van der Waals surface area (Å²) in [6.45, 7) is 1.93. The maximum absolute atomic E-state index is 13.2. The number of carboxylic acid groups (broad SMARTS) is 1. The molecule has 2 N–H and O–H groups in total. The average Bonchev–Trinajstić information content (AvgIpc) is 2.96. The Kier molecular flexibility index (Phi) is 5.26. The maximum atomic E-state index is 13.2. The van der Waals surface area contributed by atoms with Crippen molar-refractivity contribution in [3.63, 3.8) is 0 Å². The normalized spacial score (nSPS) is 22.3. The van der Waals surface area contributed by atoms with Crippen LogP contribution in [0, 0.1) is 0 Å². The molecule has 24 heavy (non-hydrogen) atoms. The summed E-state index contributed by atoms with van der Waals surface area (Å²) in [5.74, 6) is -1.16. The first-order chi connectivity index (χ1) is 11.5. The molecule has 1 fully saturated rings. The molecule has 0 aliphatic carbocycles. The highest BCUT2D eigenvalue weighted by molar-refractivity contribution is 7.91. The Hall–Kier alpha value is -1.00. The summed E-state index contributed by atoms with van der Waals surface area (Å²) < 4.78 is 33.0. The number of nitrogens with zero attached hydrogens (tertiary/aromatic N) is 1. The van der Waals surface area contributed by atoms with Crippen LogP contribution in [0.4, 0.5) is 0 Å². The summed E-state index contributed by atoms with van der Waals surface area (Å²) in [4.78, 5) is 12.6. The van der Waals surface area contributed by atoms with Gasteiger partial charge < -0.3 is 15.2 Å². The molecule has 1 atom stereocenters. The van der Waals surface area contributed by atoms with E-state index in [-0.39, 0.29) is 15.8 Å². The summed E-state index contributed by atoms with van der Waals surface area (Å²) in [7, 11) is -2.29. The molecule has 1 saturated heterocycles. The number of ether oxygens (including phenoxy) is 1. The zero-order chi connectivity index (χ0) is 17.3. The SMILES string of the molecule is COC[C@H]1CCCCN1S(=O)(=O)c1sc2c(c1C(=O)O)CCNC2. The molecular formula is C15H22N2O5S2. The zero-order valence-corrected chi connectivity index (χ0v) is 15.2. The number of hydrogen-bond acceptors (Lipinski definition) is 6. The first-order valence-electron chi connectivity index (χ1n) is 8.06. The standard InChI is InChI=1S/C15H22N2O5S2/c1-22-9-10-4-2-3-7-17(10)24(20,21)15-13(14(18)19)11-5-6-16-8-12(11)23-15/h10,16H,2-9H2,1H3,(H,18,19)/t10-/m1/s1. The predicted molar refractivity (Wildman–Crippen MR) is 90.1 cm³/mol. The smallest absolute Gasteiger partial charge is 0.338 e. The van der Waals surface area contributed by atoms with E-state index in [2.05, 4.69) is 5.32 Å². The molecule has 0 saturated carbocycles. The van der Waals surface area contributed by atoms with Crippen molar-refractivity contribution in [2.45, 2.75) is 42.5 Å². The van der Waals surface area contributed by atoms with Gasteiger partial charge in [-0.3, -0.25) is 0 Å². The highest BCUT2D eigenvalue weighted by atomic mass is 32.2. The molecule has 134 valence electrons. The van der Waals surface area contributed by atoms with Crippen LogP contribution >= 0.6 is 11.3 Å². The number of piperidine rings is 1. The van der Waals surface area contributed by atoms with Gasteiger partial charge in [0.15, 0.2) is 0 Å². The third-order valence-electron chi connectivity index (χ3n) is 4.58. The van der Waals surface area contributed by atoms with Gasteiger partial charge in [0.25, 0.3) is 10.0 Å². The lowest BCUT2D eigenvalue weighted by Crippen LogP contribution is -2.45. The van der Waals surface area contributed by atoms with Crippen molar-refractivity contribution >= 4 is 27.3 Å². The first kappa shape index (κ1) is 17.8. The van der Waals surface area contributed by atoms with Crippen LogP contribution in [0.5, 0.6) is 0 Å². The van der Waals surface area contributed by atoms with Crippen molar-refractivity contribution in [1.82, 2.24) is 9.62 Å². The molecule has 7 nitrogen and oxygen atoms in total. The lowest BCUT2D eigenvalue weighted by molar-refractivity contribution is 0.0691. The number of hydrogen-bond donors (Lipinski definition) is 2. The molecule has 0 bridgehead atoms. The molecule has 2 aliphatic rings. The van der Waals surface area contributed by atoms with Crippen molar-refractivity contribution in [1.29, 1.82) is 0 Å². The minimum absolute atomic E-state index is 0.0216. The van der Waals surface area contributed by atoms with Crippen molar-refractivity contribution in [3.05, 3.63) is 16.0 Å². The Balaban J connectivity index is 2.06. The summed E-state index contributed by atoms with van der Waals surface area (Å²) in [6, 6.07) is -0.229. The summed E-state index contributed by atoms with van der Waals surface area (Å²) >= 11 is 1.10. The van der Waals surface area contributed by atoms with Crippen LogP contribution in [0.15, 0.2) is 4.21 Å². The van der Waals surface area contributed by atoms with Gasteiger partial charge in [-0.2, -0.15) is 4.31 Å². The molecule has 0 unspecified atom stereocenters. The molecule has 0 amide bonds. The Morgan fingerprint density at radius 1 is 1.46 bits per heavy atom. The van der Waals surface area contributed by atoms with E-state index < -0.39 is 16.0 Å². The average molecular weight is 374 g/mol. The molecule has 0 radical (unpaired) electrons. The van der Waals surface area contributed by atoms with Crippen molar-refractivity contribution < 1.29 is 23.1 Å². The molecule has 2 aliphatic heterocycles. The molecular weight excluding hydrogens is 352 g/mol. The van der Waals surface area contributed by atoms with Gasteiger partial charge in [-0.15, -0.1) is 11.3 Å². The van der Waals surface area contributed by atoms with Crippen LogP contribution < -0.4 is 5.32 Å². The van der Waals surface area contributed by atoms with Gasteiger partial charge >= 0.3 is 5.97 Å². The highest BCUT2D eigenvalue weighted by Crippen LogP contribution is 2.37. The fourth-order valence-electron chi connectivity index (χ4n) is 3.46. The molecule has 9 heteroatoms. The van der Waals surface area contributed by atoms with Gasteiger partial charge in [0.05, 0.1) is 12.2 Å². The Bertz CT molecular complexity index is 726. The summed E-state index contributed by atoms with van der Waals surface area (Å²) in [5, 5.41) is 12.8. The van der Waals surface area contributed by atoms with E-state index in [9.17, 15) is 18.3 Å². The Morgan fingerprint density at radius 3 is 2.96 bits per heavy atom. The maximum Gasteiger partial charge on any atom is 0.338 e. The molecule has 0 spiro atoms. The quantitative estimate of drug-likeness (QED) is 0.806. The zero-order valence-electron chi connectivity index (χ0n) is 13.6.